The lowest BCUT2D eigenvalue weighted by atomic mass is 9.97. The Morgan fingerprint density at radius 2 is 1.28 bits per heavy atom. The molecule has 0 unspecified atom stereocenters. The number of ether oxygens (including phenoxy) is 4. The summed E-state index contributed by atoms with van der Waals surface area (Å²) in [6, 6.07) is 32.6. The van der Waals surface area contributed by atoms with Crippen LogP contribution in [0.5, 0.6) is 23.0 Å². The molecule has 8 nitrogen and oxygen atoms in total. The largest absolute Gasteiger partial charge is 0.454 e. The van der Waals surface area contributed by atoms with Gasteiger partial charge in [-0.05, 0) is 48.2 Å². The van der Waals surface area contributed by atoms with Crippen LogP contribution in [0.15, 0.2) is 97.1 Å². The highest BCUT2D eigenvalue weighted by molar-refractivity contribution is 5.68. The van der Waals surface area contributed by atoms with Crippen molar-refractivity contribution < 1.29 is 24.1 Å². The van der Waals surface area contributed by atoms with Crippen molar-refractivity contribution in [3.05, 3.63) is 114 Å². The van der Waals surface area contributed by atoms with Gasteiger partial charge in [-0.25, -0.2) is 4.98 Å². The van der Waals surface area contributed by atoms with Gasteiger partial charge in [0.05, 0.1) is 17.4 Å². The molecular formula is C35H33N3O5. The maximum atomic E-state index is 9.57. The van der Waals surface area contributed by atoms with Crippen molar-refractivity contribution in [1.82, 2.24) is 14.9 Å². The van der Waals surface area contributed by atoms with Crippen LogP contribution in [0.3, 0.4) is 0 Å². The molecule has 0 fully saturated rings. The van der Waals surface area contributed by atoms with Crippen LogP contribution in [0.1, 0.15) is 35.7 Å². The molecule has 2 N–H and O–H groups in total. The van der Waals surface area contributed by atoms with E-state index in [1.807, 2.05) is 60.7 Å². The van der Waals surface area contributed by atoms with Gasteiger partial charge in [-0.2, -0.15) is 0 Å². The van der Waals surface area contributed by atoms with Crippen molar-refractivity contribution in [2.75, 3.05) is 20.2 Å². The summed E-state index contributed by atoms with van der Waals surface area (Å²) >= 11 is 0. The highest BCUT2D eigenvalue weighted by Crippen LogP contribution is 2.39. The van der Waals surface area contributed by atoms with Crippen molar-refractivity contribution in [3.8, 4) is 45.6 Å². The summed E-state index contributed by atoms with van der Waals surface area (Å²) in [5.74, 6) is 3.87. The fourth-order valence-electron chi connectivity index (χ4n) is 5.74. The summed E-state index contributed by atoms with van der Waals surface area (Å²) in [4.78, 5) is 5.23. The smallest absolute Gasteiger partial charge is 0.231 e. The molecule has 218 valence electrons. The third kappa shape index (κ3) is 5.55. The number of rotatable bonds is 11. The van der Waals surface area contributed by atoms with Crippen LogP contribution < -0.4 is 24.3 Å². The maximum Gasteiger partial charge on any atom is 0.231 e. The van der Waals surface area contributed by atoms with Crippen LogP contribution in [0.25, 0.3) is 22.6 Å². The van der Waals surface area contributed by atoms with Crippen molar-refractivity contribution >= 4 is 0 Å². The predicted octanol–water partition coefficient (Wildman–Crippen LogP) is 6.33. The van der Waals surface area contributed by atoms with Crippen LogP contribution in [-0.2, 0) is 13.1 Å². The Kier molecular flexibility index (Phi) is 7.69. The number of hydrogen-bond acceptors (Lipinski definition) is 7. The molecule has 8 heteroatoms. The fraction of sp³-hybridized carbons (Fsp3) is 0.229. The molecule has 0 radical (unpaired) electrons. The van der Waals surface area contributed by atoms with Crippen molar-refractivity contribution in [2.45, 2.75) is 32.0 Å². The molecule has 0 saturated carbocycles. The lowest BCUT2D eigenvalue weighted by Crippen LogP contribution is -2.24. The first-order valence-electron chi connectivity index (χ1n) is 14.6. The molecule has 2 aliphatic heterocycles. The van der Waals surface area contributed by atoms with Gasteiger partial charge >= 0.3 is 0 Å². The van der Waals surface area contributed by atoms with Crippen molar-refractivity contribution in [3.63, 3.8) is 0 Å². The summed E-state index contributed by atoms with van der Waals surface area (Å²) in [5.41, 5.74) is 6.21. The molecule has 1 aromatic heterocycles. The van der Waals surface area contributed by atoms with E-state index in [0.29, 0.717) is 6.54 Å². The first-order valence-corrected chi connectivity index (χ1v) is 14.6. The fourth-order valence-corrected chi connectivity index (χ4v) is 5.74. The molecule has 43 heavy (non-hydrogen) atoms. The second-order valence-electron chi connectivity index (χ2n) is 10.6. The summed E-state index contributed by atoms with van der Waals surface area (Å²) in [6.45, 7) is 1.87. The Bertz CT molecular complexity index is 1650. The zero-order chi connectivity index (χ0) is 29.0. The molecule has 5 aromatic rings. The van der Waals surface area contributed by atoms with Gasteiger partial charge in [0.25, 0.3) is 0 Å². The Morgan fingerprint density at radius 3 is 1.88 bits per heavy atom. The van der Waals surface area contributed by atoms with Crippen molar-refractivity contribution in [1.29, 1.82) is 0 Å². The average molecular weight is 576 g/mol. The van der Waals surface area contributed by atoms with Gasteiger partial charge in [0.15, 0.2) is 23.0 Å². The number of hydrogen-bond donors (Lipinski definition) is 2. The zero-order valence-electron chi connectivity index (χ0n) is 23.7. The van der Waals surface area contributed by atoms with E-state index >= 15 is 0 Å². The second-order valence-corrected chi connectivity index (χ2v) is 10.6. The minimum Gasteiger partial charge on any atom is -0.454 e. The number of fused-ring (bicyclic) bond motifs is 2. The van der Waals surface area contributed by atoms with E-state index in [9.17, 15) is 5.11 Å². The Labute approximate surface area is 250 Å². The third-order valence-corrected chi connectivity index (χ3v) is 7.88. The maximum absolute atomic E-state index is 9.57. The second kappa shape index (κ2) is 12.2. The molecular weight excluding hydrogens is 542 g/mol. The van der Waals surface area contributed by atoms with Gasteiger partial charge in [0.2, 0.25) is 13.6 Å². The minimum atomic E-state index is -0.186. The van der Waals surface area contributed by atoms with Gasteiger partial charge in [-0.15, -0.1) is 0 Å². The molecule has 0 bridgehead atoms. The number of nitrogens with one attached hydrogen (secondary N) is 1. The number of aliphatic hydroxyl groups is 1. The molecule has 0 spiro atoms. The Balaban J connectivity index is 1.31. The summed E-state index contributed by atoms with van der Waals surface area (Å²) in [7, 11) is 0. The summed E-state index contributed by atoms with van der Waals surface area (Å²) < 4.78 is 25.0. The Hall–Kier alpha value is -4.79. The van der Waals surface area contributed by atoms with E-state index in [1.165, 1.54) is 0 Å². The van der Waals surface area contributed by atoms with Gasteiger partial charge in [0.1, 0.15) is 5.82 Å². The number of nitrogens with zero attached hydrogens (tertiary/aromatic N) is 2. The quantitative estimate of drug-likeness (QED) is 0.178. The molecule has 0 atom stereocenters. The molecule has 2 aliphatic rings. The van der Waals surface area contributed by atoms with E-state index in [0.717, 1.165) is 81.9 Å². The number of imidazole rings is 1. The molecule has 0 amide bonds. The number of aliphatic hydroxyl groups excluding tert-OH is 1. The SMILES string of the molecule is OCCCCn1c(-c2ccccc2)nc(-c2ccccc2)c1CNC(c1ccc2c(c1)OCO2)c1ccc2c(c1)OCO2. The van der Waals surface area contributed by atoms with Crippen LogP contribution in [-0.4, -0.2) is 34.9 Å². The van der Waals surface area contributed by atoms with E-state index in [-0.39, 0.29) is 26.2 Å². The van der Waals surface area contributed by atoms with E-state index in [1.54, 1.807) is 0 Å². The predicted molar refractivity (Wildman–Crippen MR) is 163 cm³/mol. The topological polar surface area (TPSA) is 87.0 Å². The van der Waals surface area contributed by atoms with Crippen LogP contribution >= 0.6 is 0 Å². The molecule has 4 aromatic carbocycles. The number of benzene rings is 4. The average Bonchev–Trinajstić information content (AvgIpc) is 3.81. The first kappa shape index (κ1) is 27.1. The first-order chi connectivity index (χ1) is 21.3. The third-order valence-electron chi connectivity index (χ3n) is 7.88. The minimum absolute atomic E-state index is 0.158. The normalized spacial score (nSPS) is 13.2. The summed E-state index contributed by atoms with van der Waals surface area (Å²) in [5, 5.41) is 13.4. The van der Waals surface area contributed by atoms with E-state index < -0.39 is 0 Å². The molecule has 7 rings (SSSR count). The standard InChI is InChI=1S/C35H33N3O5/c39-18-8-7-17-38-28(34(24-9-3-1-4-10-24)37-35(38)25-11-5-2-6-12-25)21-36-33(26-13-15-29-31(19-26)42-22-40-29)27-14-16-30-32(20-27)43-23-41-30/h1-6,9-16,19-20,33,36,39H,7-8,17-18,21-23H2. The number of unbranched alkanes of at least 4 members (excludes halogenated alkanes) is 1. The molecule has 0 saturated heterocycles. The number of aromatic nitrogens is 2. The lowest BCUT2D eigenvalue weighted by Gasteiger charge is -2.22. The zero-order valence-corrected chi connectivity index (χ0v) is 23.7. The van der Waals surface area contributed by atoms with Crippen LogP contribution in [0.4, 0.5) is 0 Å². The van der Waals surface area contributed by atoms with Crippen LogP contribution in [0, 0.1) is 0 Å². The molecule has 0 aliphatic carbocycles. The lowest BCUT2D eigenvalue weighted by molar-refractivity contribution is 0.173. The van der Waals surface area contributed by atoms with Gasteiger partial charge in [0, 0.05) is 30.8 Å². The Morgan fingerprint density at radius 1 is 0.698 bits per heavy atom. The highest BCUT2D eigenvalue weighted by Gasteiger charge is 2.25. The van der Waals surface area contributed by atoms with E-state index in [4.69, 9.17) is 23.9 Å². The van der Waals surface area contributed by atoms with Gasteiger partial charge < -0.3 is 33.9 Å². The van der Waals surface area contributed by atoms with Gasteiger partial charge in [-0.3, -0.25) is 0 Å². The van der Waals surface area contributed by atoms with Gasteiger partial charge in [-0.1, -0.05) is 72.8 Å². The highest BCUT2D eigenvalue weighted by atomic mass is 16.7. The summed E-state index contributed by atoms with van der Waals surface area (Å²) in [6.07, 6.45) is 1.55. The van der Waals surface area contributed by atoms with E-state index in [2.05, 4.69) is 46.3 Å². The van der Waals surface area contributed by atoms with Crippen molar-refractivity contribution in [2.24, 2.45) is 0 Å². The molecule has 3 heterocycles. The monoisotopic (exact) mass is 575 g/mol. The van der Waals surface area contributed by atoms with Crippen LogP contribution in [0.2, 0.25) is 0 Å².